The lowest BCUT2D eigenvalue weighted by Gasteiger charge is -1.98. The molecule has 3 rings (SSSR count). The van der Waals surface area contributed by atoms with E-state index in [9.17, 15) is 4.79 Å². The van der Waals surface area contributed by atoms with Crippen LogP contribution in [0.4, 0.5) is 0 Å². The van der Waals surface area contributed by atoms with Gasteiger partial charge < -0.3 is 0 Å². The monoisotopic (exact) mass is 361 g/mol. The summed E-state index contributed by atoms with van der Waals surface area (Å²) >= 11 is 1.63. The van der Waals surface area contributed by atoms with Crippen LogP contribution in [0.1, 0.15) is 32.1 Å². The number of carbonyl (C=O) groups is 1. The maximum absolute atomic E-state index is 12.5. The first kappa shape index (κ1) is 17.8. The summed E-state index contributed by atoms with van der Waals surface area (Å²) in [6.07, 6.45) is 5.69. The third kappa shape index (κ3) is 3.98. The zero-order valence-corrected chi connectivity index (χ0v) is 15.6. The predicted molar refractivity (Wildman–Crippen MR) is 105 cm³/mol. The quantitative estimate of drug-likeness (QED) is 0.456. The van der Waals surface area contributed by atoms with Crippen molar-refractivity contribution < 1.29 is 4.79 Å². The summed E-state index contributed by atoms with van der Waals surface area (Å²) in [6.45, 7) is 4.50. The summed E-state index contributed by atoms with van der Waals surface area (Å²) in [4.78, 5) is 14.7. The molecule has 0 unspecified atom stereocenters. The third-order valence-corrected chi connectivity index (χ3v) is 4.98. The molecule has 0 atom stereocenters. The number of nitriles is 1. The van der Waals surface area contributed by atoms with Crippen LogP contribution in [0.15, 0.2) is 48.7 Å². The van der Waals surface area contributed by atoms with Crippen LogP contribution in [-0.4, -0.2) is 15.6 Å². The summed E-state index contributed by atoms with van der Waals surface area (Å²) in [5.74, 6) is -0.00404. The van der Waals surface area contributed by atoms with Gasteiger partial charge in [0.05, 0.1) is 24.7 Å². The predicted octanol–water partition coefficient (Wildman–Crippen LogP) is 5.04. The number of benzene rings is 1. The number of allylic oxidation sites excluding steroid dienone is 1. The van der Waals surface area contributed by atoms with E-state index in [1.54, 1.807) is 22.1 Å². The second-order valence-corrected chi connectivity index (χ2v) is 7.46. The van der Waals surface area contributed by atoms with Crippen LogP contribution in [0.25, 0.3) is 17.3 Å². The molecular weight excluding hydrogens is 342 g/mol. The Balaban J connectivity index is 1.93. The van der Waals surface area contributed by atoms with Gasteiger partial charge in [-0.15, -0.1) is 11.3 Å². The normalized spacial score (nSPS) is 11.0. The highest BCUT2D eigenvalue weighted by Crippen LogP contribution is 2.25. The number of carbonyl (C=O) groups excluding carboxylic acids is 1. The first-order valence-electron chi connectivity index (χ1n) is 8.37. The molecule has 0 amide bonds. The summed E-state index contributed by atoms with van der Waals surface area (Å²) < 4.78 is 1.76. The number of aryl methyl sites for hydroxylation is 3. The van der Waals surface area contributed by atoms with E-state index in [2.05, 4.69) is 11.2 Å². The second-order valence-electron chi connectivity index (χ2n) is 5.99. The van der Waals surface area contributed by atoms with Gasteiger partial charge >= 0.3 is 0 Å². The molecule has 130 valence electrons. The maximum atomic E-state index is 12.5. The zero-order chi connectivity index (χ0) is 18.5. The molecule has 0 aliphatic carbocycles. The molecule has 0 bridgehead atoms. The Morgan fingerprint density at radius 2 is 2.08 bits per heavy atom. The molecule has 0 aliphatic rings. The van der Waals surface area contributed by atoms with Gasteiger partial charge in [0.25, 0.3) is 0 Å². The first-order valence-corrected chi connectivity index (χ1v) is 9.19. The summed E-state index contributed by atoms with van der Waals surface area (Å²) in [5, 5.41) is 13.4. The van der Waals surface area contributed by atoms with Gasteiger partial charge in [0.15, 0.2) is 5.78 Å². The molecule has 0 saturated heterocycles. The highest BCUT2D eigenvalue weighted by atomic mass is 32.1. The molecule has 4 nitrogen and oxygen atoms in total. The number of thiophene rings is 1. The van der Waals surface area contributed by atoms with Crippen molar-refractivity contribution in [2.24, 2.45) is 0 Å². The van der Waals surface area contributed by atoms with E-state index < -0.39 is 0 Å². The minimum atomic E-state index is -0.00404. The molecule has 2 heterocycles. The smallest absolute Gasteiger partial charge is 0.186 e. The molecule has 0 spiro atoms. The fourth-order valence-corrected chi connectivity index (χ4v) is 3.72. The Hall–Kier alpha value is -2.97. The summed E-state index contributed by atoms with van der Waals surface area (Å²) in [6, 6.07) is 13.9. The Morgan fingerprint density at radius 1 is 1.31 bits per heavy atom. The van der Waals surface area contributed by atoms with Crippen LogP contribution in [0.3, 0.4) is 0 Å². The lowest BCUT2D eigenvalue weighted by Crippen LogP contribution is -1.97. The van der Waals surface area contributed by atoms with Crippen LogP contribution in [0.5, 0.6) is 0 Å². The SMILES string of the molecule is Cc1cc(C(=O)/C=C/c2cn(CCC#N)nc2-c2ccccc2)c(C)s1. The number of rotatable bonds is 6. The minimum Gasteiger partial charge on any atom is -0.289 e. The van der Waals surface area contributed by atoms with E-state index in [0.29, 0.717) is 13.0 Å². The van der Waals surface area contributed by atoms with Crippen molar-refractivity contribution >= 4 is 23.2 Å². The lowest BCUT2D eigenvalue weighted by molar-refractivity contribution is 0.104. The lowest BCUT2D eigenvalue weighted by atomic mass is 10.1. The third-order valence-electron chi connectivity index (χ3n) is 4.01. The van der Waals surface area contributed by atoms with E-state index in [1.165, 1.54) is 0 Å². The molecule has 26 heavy (non-hydrogen) atoms. The number of hydrogen-bond acceptors (Lipinski definition) is 4. The number of ketones is 1. The number of nitrogens with zero attached hydrogens (tertiary/aromatic N) is 3. The Morgan fingerprint density at radius 3 is 2.73 bits per heavy atom. The van der Waals surface area contributed by atoms with E-state index in [1.807, 2.05) is 62.5 Å². The Bertz CT molecular complexity index is 990. The molecule has 0 radical (unpaired) electrons. The van der Waals surface area contributed by atoms with Crippen molar-refractivity contribution in [3.05, 3.63) is 69.6 Å². The van der Waals surface area contributed by atoms with E-state index in [0.717, 1.165) is 32.1 Å². The largest absolute Gasteiger partial charge is 0.289 e. The van der Waals surface area contributed by atoms with Crippen LogP contribution >= 0.6 is 11.3 Å². The topological polar surface area (TPSA) is 58.7 Å². The van der Waals surface area contributed by atoms with Crippen LogP contribution in [0.2, 0.25) is 0 Å². The molecule has 1 aromatic carbocycles. The molecule has 2 aromatic heterocycles. The van der Waals surface area contributed by atoms with Gasteiger partial charge in [-0.2, -0.15) is 10.4 Å². The highest BCUT2D eigenvalue weighted by Gasteiger charge is 2.12. The van der Waals surface area contributed by atoms with Crippen molar-refractivity contribution in [1.82, 2.24) is 9.78 Å². The molecule has 0 saturated carbocycles. The fourth-order valence-electron chi connectivity index (χ4n) is 2.79. The van der Waals surface area contributed by atoms with Crippen LogP contribution in [-0.2, 0) is 6.54 Å². The maximum Gasteiger partial charge on any atom is 0.186 e. The van der Waals surface area contributed by atoms with Gasteiger partial charge in [-0.1, -0.05) is 30.3 Å². The standard InChI is InChI=1S/C21H19N3OS/c1-15-13-19(16(2)26-15)20(25)10-9-18-14-24(12-6-11-22)23-21(18)17-7-4-3-5-8-17/h3-5,7-10,13-14H,6,12H2,1-2H3/b10-9+. The summed E-state index contributed by atoms with van der Waals surface area (Å²) in [7, 11) is 0. The average Bonchev–Trinajstić information content (AvgIpc) is 3.21. The van der Waals surface area contributed by atoms with Gasteiger partial charge in [0, 0.05) is 32.6 Å². The van der Waals surface area contributed by atoms with Gasteiger partial charge in [-0.25, -0.2) is 0 Å². The van der Waals surface area contributed by atoms with Crippen molar-refractivity contribution in [3.63, 3.8) is 0 Å². The van der Waals surface area contributed by atoms with Crippen molar-refractivity contribution in [3.8, 4) is 17.3 Å². The first-order chi connectivity index (χ1) is 12.6. The summed E-state index contributed by atoms with van der Waals surface area (Å²) in [5.41, 5.74) is 3.41. The van der Waals surface area contributed by atoms with E-state index >= 15 is 0 Å². The second kappa shape index (κ2) is 7.94. The molecule has 5 heteroatoms. The van der Waals surface area contributed by atoms with Gasteiger partial charge in [-0.05, 0) is 32.1 Å². The number of hydrogen-bond donors (Lipinski definition) is 0. The Kier molecular flexibility index (Phi) is 5.45. The fraction of sp³-hybridized carbons (Fsp3) is 0.190. The van der Waals surface area contributed by atoms with E-state index in [-0.39, 0.29) is 5.78 Å². The molecule has 0 fully saturated rings. The zero-order valence-electron chi connectivity index (χ0n) is 14.8. The van der Waals surface area contributed by atoms with Crippen LogP contribution < -0.4 is 0 Å². The molecular formula is C21H19N3OS. The van der Waals surface area contributed by atoms with E-state index in [4.69, 9.17) is 5.26 Å². The molecule has 3 aromatic rings. The van der Waals surface area contributed by atoms with Gasteiger partial charge in [0.1, 0.15) is 0 Å². The number of aromatic nitrogens is 2. The van der Waals surface area contributed by atoms with Crippen molar-refractivity contribution in [1.29, 1.82) is 5.26 Å². The average molecular weight is 361 g/mol. The molecule has 0 N–H and O–H groups in total. The van der Waals surface area contributed by atoms with Gasteiger partial charge in [0.2, 0.25) is 0 Å². The Labute approximate surface area is 157 Å². The van der Waals surface area contributed by atoms with Crippen molar-refractivity contribution in [2.75, 3.05) is 0 Å². The highest BCUT2D eigenvalue weighted by molar-refractivity contribution is 7.12. The van der Waals surface area contributed by atoms with Crippen LogP contribution in [0, 0.1) is 25.2 Å². The minimum absolute atomic E-state index is 0.00404. The van der Waals surface area contributed by atoms with Gasteiger partial charge in [-0.3, -0.25) is 9.48 Å². The van der Waals surface area contributed by atoms with Crippen molar-refractivity contribution in [2.45, 2.75) is 26.8 Å². The molecule has 0 aliphatic heterocycles.